The Labute approximate surface area is 145 Å². The fourth-order valence-corrected chi connectivity index (χ4v) is 2.05. The van der Waals surface area contributed by atoms with Gasteiger partial charge < -0.3 is 10.6 Å². The van der Waals surface area contributed by atoms with Gasteiger partial charge in [-0.3, -0.25) is 9.89 Å². The van der Waals surface area contributed by atoms with Crippen LogP contribution in [-0.2, 0) is 6.42 Å². The van der Waals surface area contributed by atoms with E-state index in [1.165, 1.54) is 11.9 Å². The van der Waals surface area contributed by atoms with E-state index in [1.54, 1.807) is 12.3 Å². The molecule has 0 aliphatic rings. The summed E-state index contributed by atoms with van der Waals surface area (Å²) < 4.78 is 36.7. The van der Waals surface area contributed by atoms with Gasteiger partial charge in [0.1, 0.15) is 5.15 Å². The minimum atomic E-state index is -4.19. The smallest absolute Gasteiger partial charge is 0.357 e. The second kappa shape index (κ2) is 10.4. The van der Waals surface area contributed by atoms with Crippen molar-refractivity contribution in [2.75, 3.05) is 39.8 Å². The first kappa shape index (κ1) is 20.5. The maximum atomic E-state index is 12.2. The Morgan fingerprint density at radius 1 is 1.33 bits per heavy atom. The fourth-order valence-electron chi connectivity index (χ4n) is 1.94. The number of aliphatic imine (C=N–C) groups is 1. The number of pyridine rings is 1. The molecule has 24 heavy (non-hydrogen) atoms. The predicted molar refractivity (Wildman–Crippen MR) is 90.5 cm³/mol. The van der Waals surface area contributed by atoms with Gasteiger partial charge in [-0.05, 0) is 32.0 Å². The van der Waals surface area contributed by atoms with E-state index in [1.807, 2.05) is 13.0 Å². The molecule has 0 bridgehead atoms. The molecule has 5 nitrogen and oxygen atoms in total. The van der Waals surface area contributed by atoms with Crippen molar-refractivity contribution >= 4 is 17.6 Å². The van der Waals surface area contributed by atoms with E-state index in [9.17, 15) is 13.2 Å². The van der Waals surface area contributed by atoms with Crippen molar-refractivity contribution in [3.05, 3.63) is 29.0 Å². The van der Waals surface area contributed by atoms with Crippen LogP contribution in [0.5, 0.6) is 0 Å². The quantitative estimate of drug-likeness (QED) is 0.422. The molecule has 0 saturated carbocycles. The number of halogens is 4. The van der Waals surface area contributed by atoms with Crippen LogP contribution in [0.15, 0.2) is 23.3 Å². The molecular formula is C15H23ClF3N5. The molecule has 0 aromatic carbocycles. The lowest BCUT2D eigenvalue weighted by Gasteiger charge is -2.17. The predicted octanol–water partition coefficient (Wildman–Crippen LogP) is 2.33. The number of nitrogens with one attached hydrogen (secondary N) is 2. The number of guanidine groups is 1. The zero-order valence-electron chi connectivity index (χ0n) is 13.8. The van der Waals surface area contributed by atoms with Crippen LogP contribution >= 0.6 is 11.6 Å². The van der Waals surface area contributed by atoms with Gasteiger partial charge in [-0.2, -0.15) is 13.2 Å². The molecule has 0 spiro atoms. The molecule has 0 aliphatic heterocycles. The topological polar surface area (TPSA) is 52.6 Å². The molecule has 0 saturated heterocycles. The first-order chi connectivity index (χ1) is 11.3. The van der Waals surface area contributed by atoms with E-state index in [0.29, 0.717) is 24.2 Å². The van der Waals surface area contributed by atoms with Crippen LogP contribution in [0.25, 0.3) is 0 Å². The summed E-state index contributed by atoms with van der Waals surface area (Å²) in [5.41, 5.74) is 1.03. The summed E-state index contributed by atoms with van der Waals surface area (Å²) in [6, 6.07) is 3.62. The van der Waals surface area contributed by atoms with Crippen molar-refractivity contribution in [2.24, 2.45) is 4.99 Å². The molecule has 0 atom stereocenters. The SMILES string of the molecule is CCNC(=NCCN(C)CC(F)(F)F)NCCc1ccc(Cl)nc1. The highest BCUT2D eigenvalue weighted by Gasteiger charge is 2.28. The Kier molecular flexibility index (Phi) is 8.84. The molecule has 0 unspecified atom stereocenters. The zero-order chi connectivity index (χ0) is 18.0. The van der Waals surface area contributed by atoms with E-state index >= 15 is 0 Å². The summed E-state index contributed by atoms with van der Waals surface area (Å²) in [5.74, 6) is 0.583. The standard InChI is InChI=1S/C15H23ClF3N5/c1-3-20-14(22-8-9-24(2)11-15(17,18)19)21-7-6-12-4-5-13(16)23-10-12/h4-5,10H,3,6-9,11H2,1-2H3,(H2,20,21,22). The second-order valence-electron chi connectivity index (χ2n) is 5.28. The third-order valence-electron chi connectivity index (χ3n) is 3.04. The molecule has 0 fully saturated rings. The van der Waals surface area contributed by atoms with Crippen molar-refractivity contribution < 1.29 is 13.2 Å². The maximum absolute atomic E-state index is 12.2. The molecule has 0 radical (unpaired) electrons. The minimum absolute atomic E-state index is 0.233. The number of aromatic nitrogens is 1. The van der Waals surface area contributed by atoms with Crippen molar-refractivity contribution in [1.29, 1.82) is 0 Å². The normalized spacial score (nSPS) is 12.5. The highest BCUT2D eigenvalue weighted by Crippen LogP contribution is 2.15. The summed E-state index contributed by atoms with van der Waals surface area (Å²) in [7, 11) is 1.43. The highest BCUT2D eigenvalue weighted by atomic mass is 35.5. The number of rotatable bonds is 8. The molecule has 0 amide bonds. The second-order valence-corrected chi connectivity index (χ2v) is 5.67. The van der Waals surface area contributed by atoms with Gasteiger partial charge in [0.15, 0.2) is 5.96 Å². The molecule has 1 aromatic rings. The third-order valence-corrected chi connectivity index (χ3v) is 3.26. The van der Waals surface area contributed by atoms with Crippen molar-refractivity contribution in [2.45, 2.75) is 19.5 Å². The van der Waals surface area contributed by atoms with Crippen LogP contribution in [0.3, 0.4) is 0 Å². The van der Waals surface area contributed by atoms with E-state index in [0.717, 1.165) is 12.0 Å². The highest BCUT2D eigenvalue weighted by molar-refractivity contribution is 6.29. The van der Waals surface area contributed by atoms with Gasteiger partial charge >= 0.3 is 6.18 Å². The van der Waals surface area contributed by atoms with Crippen LogP contribution in [0, 0.1) is 0 Å². The van der Waals surface area contributed by atoms with E-state index in [-0.39, 0.29) is 13.1 Å². The van der Waals surface area contributed by atoms with Gasteiger partial charge in [0.2, 0.25) is 0 Å². The molecular weight excluding hydrogens is 343 g/mol. The molecule has 1 aromatic heterocycles. The van der Waals surface area contributed by atoms with Gasteiger partial charge in [-0.1, -0.05) is 17.7 Å². The molecule has 0 aliphatic carbocycles. The fraction of sp³-hybridized carbons (Fsp3) is 0.600. The first-order valence-corrected chi connectivity index (χ1v) is 8.06. The van der Waals surface area contributed by atoms with Crippen LogP contribution in [-0.4, -0.2) is 61.8 Å². The Balaban J connectivity index is 2.37. The summed E-state index contributed by atoms with van der Waals surface area (Å²) in [5, 5.41) is 6.65. The summed E-state index contributed by atoms with van der Waals surface area (Å²) in [6.45, 7) is 2.81. The zero-order valence-corrected chi connectivity index (χ0v) is 14.6. The molecule has 2 N–H and O–H groups in total. The monoisotopic (exact) mass is 365 g/mol. The van der Waals surface area contributed by atoms with Crippen LogP contribution < -0.4 is 10.6 Å². The molecule has 1 rings (SSSR count). The summed E-state index contributed by atoms with van der Waals surface area (Å²) in [4.78, 5) is 9.48. The van der Waals surface area contributed by atoms with E-state index < -0.39 is 12.7 Å². The Bertz CT molecular complexity index is 505. The maximum Gasteiger partial charge on any atom is 0.401 e. The molecule has 136 valence electrons. The lowest BCUT2D eigenvalue weighted by Crippen LogP contribution is -2.39. The minimum Gasteiger partial charge on any atom is -0.357 e. The third kappa shape index (κ3) is 9.57. The van der Waals surface area contributed by atoms with Crippen molar-refractivity contribution in [1.82, 2.24) is 20.5 Å². The molecule has 1 heterocycles. The summed E-state index contributed by atoms with van der Waals surface area (Å²) >= 11 is 5.73. The molecule has 9 heteroatoms. The van der Waals surface area contributed by atoms with Crippen molar-refractivity contribution in [3.63, 3.8) is 0 Å². The average Bonchev–Trinajstić information content (AvgIpc) is 2.47. The van der Waals surface area contributed by atoms with E-state index in [4.69, 9.17) is 11.6 Å². The first-order valence-electron chi connectivity index (χ1n) is 7.68. The lowest BCUT2D eigenvalue weighted by molar-refractivity contribution is -0.142. The Morgan fingerprint density at radius 3 is 2.67 bits per heavy atom. The van der Waals surface area contributed by atoms with Gasteiger partial charge in [-0.15, -0.1) is 0 Å². The lowest BCUT2D eigenvalue weighted by atomic mass is 10.2. The summed E-state index contributed by atoms with van der Waals surface area (Å²) in [6.07, 6.45) is -1.74. The van der Waals surface area contributed by atoms with Gasteiger partial charge in [0.05, 0.1) is 13.1 Å². The van der Waals surface area contributed by atoms with Crippen molar-refractivity contribution in [3.8, 4) is 0 Å². The van der Waals surface area contributed by atoms with E-state index in [2.05, 4.69) is 20.6 Å². The van der Waals surface area contributed by atoms with Gasteiger partial charge in [0.25, 0.3) is 0 Å². The Hall–Kier alpha value is -1.54. The van der Waals surface area contributed by atoms with Crippen LogP contribution in [0.4, 0.5) is 13.2 Å². The number of nitrogens with zero attached hydrogens (tertiary/aromatic N) is 3. The number of likely N-dealkylation sites (N-methyl/N-ethyl adjacent to an activating group) is 1. The average molecular weight is 366 g/mol. The Morgan fingerprint density at radius 2 is 2.08 bits per heavy atom. The van der Waals surface area contributed by atoms with Gasteiger partial charge in [-0.25, -0.2) is 4.98 Å². The largest absolute Gasteiger partial charge is 0.401 e. The van der Waals surface area contributed by atoms with Gasteiger partial charge in [0, 0.05) is 25.8 Å². The number of hydrogen-bond donors (Lipinski definition) is 2. The van der Waals surface area contributed by atoms with Crippen LogP contribution in [0.1, 0.15) is 12.5 Å². The van der Waals surface area contributed by atoms with Crippen LogP contribution in [0.2, 0.25) is 5.15 Å². The number of alkyl halides is 3. The number of hydrogen-bond acceptors (Lipinski definition) is 3.